The summed E-state index contributed by atoms with van der Waals surface area (Å²) < 4.78 is 1.38. The molecule has 2 heterocycles. The lowest BCUT2D eigenvalue weighted by Gasteiger charge is -2.17. The highest BCUT2D eigenvalue weighted by atomic mass is 16.3. The molecule has 17 heavy (non-hydrogen) atoms. The van der Waals surface area contributed by atoms with E-state index < -0.39 is 5.41 Å². The van der Waals surface area contributed by atoms with Gasteiger partial charge in [0.25, 0.3) is 0 Å². The molecule has 0 radical (unpaired) electrons. The van der Waals surface area contributed by atoms with E-state index >= 15 is 0 Å². The third-order valence-electron chi connectivity index (χ3n) is 2.46. The number of hydrogen-bond acceptors (Lipinski definition) is 4. The minimum Gasteiger partial charge on any atom is -0.492 e. The van der Waals surface area contributed by atoms with Crippen LogP contribution in [0.15, 0.2) is 12.1 Å². The Labute approximate surface area is 99.1 Å². The van der Waals surface area contributed by atoms with Gasteiger partial charge in [0.15, 0.2) is 11.4 Å². The van der Waals surface area contributed by atoms with Gasteiger partial charge in [0.05, 0.1) is 0 Å². The van der Waals surface area contributed by atoms with Crippen molar-refractivity contribution in [3.05, 3.63) is 23.5 Å². The quantitative estimate of drug-likeness (QED) is 0.765. The van der Waals surface area contributed by atoms with Gasteiger partial charge < -0.3 is 5.11 Å². The monoisotopic (exact) mass is 233 g/mol. The van der Waals surface area contributed by atoms with Gasteiger partial charge in [-0.1, -0.05) is 20.8 Å². The molecular formula is C12H15N3O2. The Morgan fingerprint density at radius 1 is 1.35 bits per heavy atom. The lowest BCUT2D eigenvalue weighted by molar-refractivity contribution is 0.0850. The third-order valence-corrected chi connectivity index (χ3v) is 2.46. The number of aryl methyl sites for hydroxylation is 1. The normalized spacial score (nSPS) is 12.0. The number of aromatic nitrogens is 3. The maximum Gasteiger partial charge on any atom is 0.233 e. The van der Waals surface area contributed by atoms with Crippen LogP contribution in [0.25, 0.3) is 5.65 Å². The van der Waals surface area contributed by atoms with E-state index in [-0.39, 0.29) is 11.7 Å². The second kappa shape index (κ2) is 3.55. The molecule has 5 heteroatoms. The van der Waals surface area contributed by atoms with Crippen LogP contribution in [-0.2, 0) is 0 Å². The van der Waals surface area contributed by atoms with Crippen molar-refractivity contribution < 1.29 is 9.90 Å². The minimum atomic E-state index is -0.498. The smallest absolute Gasteiger partial charge is 0.233 e. The molecule has 2 aromatic heterocycles. The van der Waals surface area contributed by atoms with Crippen molar-refractivity contribution in [1.29, 1.82) is 0 Å². The molecule has 0 aromatic carbocycles. The number of nitrogens with zero attached hydrogens (tertiary/aromatic N) is 3. The summed E-state index contributed by atoms with van der Waals surface area (Å²) in [6, 6.07) is 3.12. The zero-order chi connectivity index (χ0) is 12.8. The van der Waals surface area contributed by atoms with Crippen LogP contribution in [0.5, 0.6) is 5.88 Å². The topological polar surface area (TPSA) is 67.5 Å². The molecule has 0 spiro atoms. The molecule has 2 rings (SSSR count). The predicted molar refractivity (Wildman–Crippen MR) is 63.2 cm³/mol. The van der Waals surface area contributed by atoms with E-state index in [0.717, 1.165) is 5.69 Å². The van der Waals surface area contributed by atoms with E-state index in [1.165, 1.54) is 10.6 Å². The molecule has 0 saturated heterocycles. The van der Waals surface area contributed by atoms with E-state index in [9.17, 15) is 9.90 Å². The van der Waals surface area contributed by atoms with E-state index in [1.807, 2.05) is 27.7 Å². The van der Waals surface area contributed by atoms with Crippen LogP contribution >= 0.6 is 0 Å². The molecule has 0 atom stereocenters. The van der Waals surface area contributed by atoms with Gasteiger partial charge in [-0.25, -0.2) is 9.50 Å². The van der Waals surface area contributed by atoms with Gasteiger partial charge in [-0.2, -0.15) is 0 Å². The summed E-state index contributed by atoms with van der Waals surface area (Å²) in [6.45, 7) is 7.35. The second-order valence-electron chi connectivity index (χ2n) is 5.13. The number of rotatable bonds is 1. The summed E-state index contributed by atoms with van der Waals surface area (Å²) in [5.74, 6) is -0.165. The maximum atomic E-state index is 12.3. The SMILES string of the molecule is Cc1cc(C(=O)C(C)(C)C)n2nc(O)cc2n1. The van der Waals surface area contributed by atoms with Crippen LogP contribution in [0.1, 0.15) is 37.0 Å². The molecule has 0 fully saturated rings. The Morgan fingerprint density at radius 2 is 2.00 bits per heavy atom. The molecule has 1 N–H and O–H groups in total. The average Bonchev–Trinajstić information content (AvgIpc) is 2.54. The minimum absolute atomic E-state index is 0.0314. The zero-order valence-electron chi connectivity index (χ0n) is 10.4. The first kappa shape index (κ1) is 11.6. The van der Waals surface area contributed by atoms with Crippen molar-refractivity contribution in [2.75, 3.05) is 0 Å². The fourth-order valence-electron chi connectivity index (χ4n) is 1.63. The lowest BCUT2D eigenvalue weighted by atomic mass is 9.88. The highest BCUT2D eigenvalue weighted by Crippen LogP contribution is 2.22. The number of fused-ring (bicyclic) bond motifs is 1. The van der Waals surface area contributed by atoms with Gasteiger partial charge in [0.1, 0.15) is 5.69 Å². The molecule has 2 aromatic rings. The fourth-order valence-corrected chi connectivity index (χ4v) is 1.63. The second-order valence-corrected chi connectivity index (χ2v) is 5.13. The largest absolute Gasteiger partial charge is 0.492 e. The van der Waals surface area contributed by atoms with E-state index in [2.05, 4.69) is 10.1 Å². The highest BCUT2D eigenvalue weighted by Gasteiger charge is 2.26. The number of hydrogen-bond donors (Lipinski definition) is 1. The van der Waals surface area contributed by atoms with Crippen LogP contribution in [-0.4, -0.2) is 25.5 Å². The van der Waals surface area contributed by atoms with Gasteiger partial charge in [0, 0.05) is 17.2 Å². The number of carbonyl (C=O) groups excluding carboxylic acids is 1. The molecule has 0 aliphatic heterocycles. The number of ketones is 1. The Hall–Kier alpha value is -1.91. The molecular weight excluding hydrogens is 218 g/mol. The van der Waals surface area contributed by atoms with Crippen molar-refractivity contribution in [3.63, 3.8) is 0 Å². The van der Waals surface area contributed by atoms with E-state index in [1.54, 1.807) is 6.07 Å². The predicted octanol–water partition coefficient (Wildman–Crippen LogP) is 1.97. The number of Topliss-reactive ketones (excluding diaryl/α,β-unsaturated/α-hetero) is 1. The highest BCUT2D eigenvalue weighted by molar-refractivity contribution is 5.98. The Kier molecular flexibility index (Phi) is 2.41. The van der Waals surface area contributed by atoms with Crippen molar-refractivity contribution >= 4 is 11.4 Å². The fraction of sp³-hybridized carbons (Fsp3) is 0.417. The van der Waals surface area contributed by atoms with Crippen molar-refractivity contribution in [2.45, 2.75) is 27.7 Å². The van der Waals surface area contributed by atoms with Crippen molar-refractivity contribution in [3.8, 4) is 5.88 Å². The molecule has 0 amide bonds. The zero-order valence-corrected chi connectivity index (χ0v) is 10.4. The molecule has 0 bridgehead atoms. The Balaban J connectivity index is 2.72. The summed E-state index contributed by atoms with van der Waals surface area (Å²) in [7, 11) is 0. The summed E-state index contributed by atoms with van der Waals surface area (Å²) in [5, 5.41) is 13.3. The van der Waals surface area contributed by atoms with Crippen LogP contribution in [0.3, 0.4) is 0 Å². The number of aromatic hydroxyl groups is 1. The van der Waals surface area contributed by atoms with Gasteiger partial charge >= 0.3 is 0 Å². The Bertz CT molecular complexity index is 594. The van der Waals surface area contributed by atoms with Crippen LogP contribution in [0.2, 0.25) is 0 Å². The number of carbonyl (C=O) groups is 1. The molecule has 90 valence electrons. The van der Waals surface area contributed by atoms with Gasteiger partial charge in [-0.15, -0.1) is 5.10 Å². The standard InChI is InChI=1S/C12H15N3O2/c1-7-5-8(11(17)12(2,3)4)15-9(13-7)6-10(16)14-15/h5-6H,1-4H3,(H,14,16). The summed E-state index contributed by atoms with van der Waals surface area (Å²) in [6.07, 6.45) is 0. The van der Waals surface area contributed by atoms with Gasteiger partial charge in [-0.3, -0.25) is 4.79 Å². The van der Waals surface area contributed by atoms with Crippen LogP contribution in [0.4, 0.5) is 0 Å². The van der Waals surface area contributed by atoms with E-state index in [4.69, 9.17) is 0 Å². The molecule has 0 aliphatic rings. The maximum absolute atomic E-state index is 12.3. The summed E-state index contributed by atoms with van der Waals surface area (Å²) >= 11 is 0. The average molecular weight is 233 g/mol. The molecule has 5 nitrogen and oxygen atoms in total. The summed E-state index contributed by atoms with van der Waals surface area (Å²) in [4.78, 5) is 16.5. The molecule has 0 aliphatic carbocycles. The van der Waals surface area contributed by atoms with E-state index in [0.29, 0.717) is 11.3 Å². The molecule has 0 saturated carbocycles. The first-order chi connectivity index (χ1) is 7.79. The van der Waals surface area contributed by atoms with Gasteiger partial charge in [-0.05, 0) is 13.0 Å². The van der Waals surface area contributed by atoms with Crippen molar-refractivity contribution in [1.82, 2.24) is 14.6 Å². The van der Waals surface area contributed by atoms with Gasteiger partial charge in [0.2, 0.25) is 5.88 Å². The van der Waals surface area contributed by atoms with Crippen LogP contribution in [0, 0.1) is 12.3 Å². The first-order valence-corrected chi connectivity index (χ1v) is 5.40. The van der Waals surface area contributed by atoms with Crippen LogP contribution < -0.4 is 0 Å². The Morgan fingerprint density at radius 3 is 2.59 bits per heavy atom. The summed E-state index contributed by atoms with van der Waals surface area (Å²) in [5.41, 5.74) is 1.16. The lowest BCUT2D eigenvalue weighted by Crippen LogP contribution is -2.23. The molecule has 0 unspecified atom stereocenters. The first-order valence-electron chi connectivity index (χ1n) is 5.40. The van der Waals surface area contributed by atoms with Crippen molar-refractivity contribution in [2.24, 2.45) is 5.41 Å². The third kappa shape index (κ3) is 2.00.